The van der Waals surface area contributed by atoms with E-state index in [1.807, 2.05) is 26.0 Å². The molecule has 1 atom stereocenters. The molecule has 0 bridgehead atoms. The highest BCUT2D eigenvalue weighted by Gasteiger charge is 2.18. The molecule has 5 nitrogen and oxygen atoms in total. The fourth-order valence-electron chi connectivity index (χ4n) is 1.70. The molecule has 7 heteroatoms. The van der Waals surface area contributed by atoms with Crippen molar-refractivity contribution in [1.82, 2.24) is 14.6 Å². The molecule has 2 aromatic heterocycles. The third-order valence-electron chi connectivity index (χ3n) is 2.53. The summed E-state index contributed by atoms with van der Waals surface area (Å²) in [5, 5.41) is 10.3. The van der Waals surface area contributed by atoms with Crippen LogP contribution in [-0.2, 0) is 32.7 Å². The van der Waals surface area contributed by atoms with Gasteiger partial charge in [-0.15, -0.1) is 0 Å². The minimum Gasteiger partial charge on any atom is -0.245 e. The second kappa shape index (κ2) is 4.32. The second-order valence-corrected chi connectivity index (χ2v) is 6.67. The number of nitrogens with zero attached hydrogens (tertiary/aromatic N) is 3. The summed E-state index contributed by atoms with van der Waals surface area (Å²) in [6.07, 6.45) is 1.42. The SMILES string of the molecule is CCc1ccc2nc(CC)c(S(N)(=O)=S)n2n1. The van der Waals surface area contributed by atoms with E-state index in [9.17, 15) is 4.21 Å². The van der Waals surface area contributed by atoms with Crippen LogP contribution in [0.15, 0.2) is 17.2 Å². The molecule has 0 aromatic carbocycles. The van der Waals surface area contributed by atoms with Gasteiger partial charge < -0.3 is 0 Å². The van der Waals surface area contributed by atoms with Gasteiger partial charge in [0.05, 0.1) is 11.4 Å². The minimum atomic E-state index is -2.98. The van der Waals surface area contributed by atoms with Crippen LogP contribution in [0.1, 0.15) is 25.2 Å². The molecular formula is C10H14N4OS2. The summed E-state index contributed by atoms with van der Waals surface area (Å²) in [7, 11) is -2.98. The van der Waals surface area contributed by atoms with E-state index < -0.39 is 8.68 Å². The molecular weight excluding hydrogens is 256 g/mol. The lowest BCUT2D eigenvalue weighted by molar-refractivity contribution is 0.671. The van der Waals surface area contributed by atoms with Crippen LogP contribution in [-0.4, -0.2) is 18.8 Å². The first-order valence-corrected chi connectivity index (χ1v) is 7.92. The Morgan fingerprint density at radius 3 is 2.65 bits per heavy atom. The summed E-state index contributed by atoms with van der Waals surface area (Å²) >= 11 is 4.87. The first kappa shape index (κ1) is 12.4. The summed E-state index contributed by atoms with van der Waals surface area (Å²) in [5.41, 5.74) is 2.18. The van der Waals surface area contributed by atoms with Crippen LogP contribution in [0.4, 0.5) is 0 Å². The minimum absolute atomic E-state index is 0.361. The highest BCUT2D eigenvalue weighted by Crippen LogP contribution is 2.17. The smallest absolute Gasteiger partial charge is 0.168 e. The summed E-state index contributed by atoms with van der Waals surface area (Å²) < 4.78 is 13.5. The summed E-state index contributed by atoms with van der Waals surface area (Å²) in [5.74, 6) is 0. The van der Waals surface area contributed by atoms with Crippen molar-refractivity contribution < 1.29 is 4.21 Å². The quantitative estimate of drug-likeness (QED) is 0.896. The van der Waals surface area contributed by atoms with Gasteiger partial charge in [0.1, 0.15) is 8.68 Å². The Morgan fingerprint density at radius 2 is 2.12 bits per heavy atom. The van der Waals surface area contributed by atoms with Crippen molar-refractivity contribution in [2.24, 2.45) is 5.14 Å². The van der Waals surface area contributed by atoms with Gasteiger partial charge in [-0.05, 0) is 25.0 Å². The lowest BCUT2D eigenvalue weighted by Crippen LogP contribution is -2.16. The third kappa shape index (κ3) is 2.18. The average Bonchev–Trinajstić information content (AvgIpc) is 2.65. The average molecular weight is 270 g/mol. The molecule has 1 unspecified atom stereocenters. The predicted octanol–water partition coefficient (Wildman–Crippen LogP) is 0.833. The Kier molecular flexibility index (Phi) is 3.15. The van der Waals surface area contributed by atoms with Gasteiger partial charge in [-0.2, -0.15) is 5.10 Å². The molecule has 0 aliphatic heterocycles. The van der Waals surface area contributed by atoms with Crippen LogP contribution in [0.25, 0.3) is 5.65 Å². The van der Waals surface area contributed by atoms with Gasteiger partial charge in [0, 0.05) is 11.2 Å². The standard InChI is InChI=1S/C10H14N4OS2/c1-3-7-5-6-9-12-8(4-2)10(14(9)13-7)17(11,15)16/h5-6H,3-4H2,1-2H3,(H2,11,15,16). The molecule has 0 radical (unpaired) electrons. The Morgan fingerprint density at radius 1 is 1.41 bits per heavy atom. The van der Waals surface area contributed by atoms with Gasteiger partial charge in [0.2, 0.25) is 0 Å². The van der Waals surface area contributed by atoms with E-state index >= 15 is 0 Å². The first-order valence-electron chi connectivity index (χ1n) is 5.37. The largest absolute Gasteiger partial charge is 0.245 e. The van der Waals surface area contributed by atoms with Crippen molar-refractivity contribution in [1.29, 1.82) is 0 Å². The molecule has 92 valence electrons. The molecule has 2 rings (SSSR count). The van der Waals surface area contributed by atoms with Gasteiger partial charge in [0.15, 0.2) is 10.7 Å². The Balaban J connectivity index is 2.86. The zero-order chi connectivity index (χ0) is 12.6. The van der Waals surface area contributed by atoms with Gasteiger partial charge in [-0.25, -0.2) is 18.8 Å². The van der Waals surface area contributed by atoms with Crippen molar-refractivity contribution in [2.75, 3.05) is 0 Å². The van der Waals surface area contributed by atoms with Crippen LogP contribution in [0.3, 0.4) is 0 Å². The van der Waals surface area contributed by atoms with Crippen molar-refractivity contribution in [3.8, 4) is 0 Å². The predicted molar refractivity (Wildman–Crippen MR) is 69.7 cm³/mol. The van der Waals surface area contributed by atoms with Crippen LogP contribution in [0, 0.1) is 0 Å². The summed E-state index contributed by atoms with van der Waals surface area (Å²) in [6.45, 7) is 3.92. The molecule has 0 fully saturated rings. The monoisotopic (exact) mass is 270 g/mol. The van der Waals surface area contributed by atoms with Gasteiger partial charge in [0.25, 0.3) is 0 Å². The van der Waals surface area contributed by atoms with Crippen LogP contribution in [0.5, 0.6) is 0 Å². The fourth-order valence-corrected chi connectivity index (χ4v) is 3.09. The van der Waals surface area contributed by atoms with E-state index in [1.165, 1.54) is 4.52 Å². The summed E-state index contributed by atoms with van der Waals surface area (Å²) in [4.78, 5) is 4.35. The number of nitrogens with two attached hydrogens (primary N) is 1. The number of rotatable bonds is 3. The number of aromatic nitrogens is 3. The Bertz CT molecular complexity index is 660. The van der Waals surface area contributed by atoms with Crippen molar-refractivity contribution in [3.05, 3.63) is 23.5 Å². The molecule has 0 saturated heterocycles. The molecule has 0 spiro atoms. The zero-order valence-corrected chi connectivity index (χ0v) is 11.3. The zero-order valence-electron chi connectivity index (χ0n) is 9.71. The maximum absolute atomic E-state index is 11.9. The number of hydrogen-bond donors (Lipinski definition) is 1. The third-order valence-corrected chi connectivity index (χ3v) is 3.95. The van der Waals surface area contributed by atoms with Crippen LogP contribution < -0.4 is 5.14 Å². The molecule has 2 N–H and O–H groups in total. The first-order chi connectivity index (χ1) is 7.97. The van der Waals surface area contributed by atoms with Crippen molar-refractivity contribution >= 4 is 25.5 Å². The Labute approximate surface area is 105 Å². The second-order valence-electron chi connectivity index (χ2n) is 3.71. The molecule has 0 saturated carbocycles. The molecule has 0 amide bonds. The van der Waals surface area contributed by atoms with Crippen LogP contribution in [0.2, 0.25) is 0 Å². The van der Waals surface area contributed by atoms with E-state index in [2.05, 4.69) is 10.1 Å². The van der Waals surface area contributed by atoms with Crippen molar-refractivity contribution in [2.45, 2.75) is 31.7 Å². The van der Waals surface area contributed by atoms with Crippen LogP contribution >= 0.6 is 0 Å². The van der Waals surface area contributed by atoms with Gasteiger partial charge in [-0.3, -0.25) is 0 Å². The molecule has 2 aromatic rings. The maximum Gasteiger partial charge on any atom is 0.168 e. The highest BCUT2D eigenvalue weighted by atomic mass is 32.8. The molecule has 17 heavy (non-hydrogen) atoms. The normalized spacial score (nSPS) is 15.0. The number of hydrogen-bond acceptors (Lipinski definition) is 4. The fraction of sp³-hybridized carbons (Fsp3) is 0.400. The topological polar surface area (TPSA) is 73.3 Å². The van der Waals surface area contributed by atoms with E-state index in [0.29, 0.717) is 22.8 Å². The lowest BCUT2D eigenvalue weighted by Gasteiger charge is -2.03. The number of aryl methyl sites for hydroxylation is 2. The van der Waals surface area contributed by atoms with E-state index in [1.54, 1.807) is 0 Å². The van der Waals surface area contributed by atoms with Gasteiger partial charge in [-0.1, -0.05) is 13.8 Å². The van der Waals surface area contributed by atoms with E-state index in [0.717, 1.165) is 12.1 Å². The molecule has 0 aliphatic rings. The van der Waals surface area contributed by atoms with E-state index in [4.69, 9.17) is 16.3 Å². The molecule has 2 heterocycles. The Hall–Kier alpha value is -1.05. The maximum atomic E-state index is 11.9. The number of imidazole rings is 1. The summed E-state index contributed by atoms with van der Waals surface area (Å²) in [6, 6.07) is 3.74. The van der Waals surface area contributed by atoms with Crippen molar-refractivity contribution in [3.63, 3.8) is 0 Å². The molecule has 0 aliphatic carbocycles. The van der Waals surface area contributed by atoms with E-state index in [-0.39, 0.29) is 0 Å². The highest BCUT2D eigenvalue weighted by molar-refractivity contribution is 8.31. The van der Waals surface area contributed by atoms with Gasteiger partial charge >= 0.3 is 0 Å². The lowest BCUT2D eigenvalue weighted by atomic mass is 10.3. The number of fused-ring (bicyclic) bond motifs is 1.